The van der Waals surface area contributed by atoms with E-state index in [-0.39, 0.29) is 12.5 Å². The first kappa shape index (κ1) is 12.8. The molecule has 18 heavy (non-hydrogen) atoms. The molecule has 1 aliphatic rings. The van der Waals surface area contributed by atoms with Gasteiger partial charge in [-0.2, -0.15) is 0 Å². The first-order chi connectivity index (χ1) is 8.75. The van der Waals surface area contributed by atoms with Crippen LogP contribution in [-0.2, 0) is 9.53 Å². The van der Waals surface area contributed by atoms with Gasteiger partial charge in [-0.3, -0.25) is 10.1 Å². The molecule has 2 N–H and O–H groups in total. The Morgan fingerprint density at radius 2 is 2.22 bits per heavy atom. The molecule has 0 bridgehead atoms. The number of aromatic nitrogens is 1. The van der Waals surface area contributed by atoms with Crippen LogP contribution in [0, 0.1) is 0 Å². The van der Waals surface area contributed by atoms with Crippen molar-refractivity contribution in [3.05, 3.63) is 11.6 Å². The van der Waals surface area contributed by atoms with E-state index in [1.807, 2.05) is 0 Å². The smallest absolute Gasteiger partial charge is 0.321 e. The average molecular weight is 270 g/mol. The Labute approximate surface area is 108 Å². The van der Waals surface area contributed by atoms with Gasteiger partial charge in [0.25, 0.3) is 0 Å². The average Bonchev–Trinajstić information content (AvgIpc) is 2.90. The Hall–Kier alpha value is -1.67. The molecule has 1 aromatic rings. The van der Waals surface area contributed by atoms with Crippen LogP contribution in [0.2, 0.25) is 0 Å². The lowest BCUT2D eigenvalue weighted by molar-refractivity contribution is -0.134. The Balaban J connectivity index is 1.70. The summed E-state index contributed by atoms with van der Waals surface area (Å²) in [6.07, 6.45) is 1.60. The van der Waals surface area contributed by atoms with Crippen LogP contribution in [0.4, 0.5) is 9.93 Å². The van der Waals surface area contributed by atoms with Gasteiger partial charge in [0.1, 0.15) is 0 Å². The molecular weight excluding hydrogens is 256 g/mol. The number of urea groups is 1. The van der Waals surface area contributed by atoms with Gasteiger partial charge in [-0.05, 0) is 0 Å². The molecule has 2 rings (SSSR count). The van der Waals surface area contributed by atoms with Gasteiger partial charge in [0.15, 0.2) is 5.13 Å². The molecule has 8 heteroatoms. The predicted molar refractivity (Wildman–Crippen MR) is 66.5 cm³/mol. The fourth-order valence-electron chi connectivity index (χ4n) is 1.51. The zero-order valence-corrected chi connectivity index (χ0v) is 10.5. The monoisotopic (exact) mass is 270 g/mol. The second-order valence-electron chi connectivity index (χ2n) is 3.64. The molecule has 0 aliphatic carbocycles. The van der Waals surface area contributed by atoms with Gasteiger partial charge < -0.3 is 15.0 Å². The van der Waals surface area contributed by atoms with Gasteiger partial charge in [0.05, 0.1) is 19.8 Å². The Morgan fingerprint density at radius 1 is 1.44 bits per heavy atom. The topological polar surface area (TPSA) is 83.6 Å². The number of anilines is 1. The number of hydrogen-bond donors (Lipinski definition) is 2. The van der Waals surface area contributed by atoms with Crippen LogP contribution >= 0.6 is 11.3 Å². The fraction of sp³-hybridized carbons (Fsp3) is 0.500. The Bertz CT molecular complexity index is 403. The molecule has 1 saturated heterocycles. The van der Waals surface area contributed by atoms with Gasteiger partial charge in [-0.25, -0.2) is 9.78 Å². The lowest BCUT2D eigenvalue weighted by Gasteiger charge is -2.26. The van der Waals surface area contributed by atoms with Crippen molar-refractivity contribution in [2.24, 2.45) is 0 Å². The molecule has 2 heterocycles. The van der Waals surface area contributed by atoms with E-state index in [2.05, 4.69) is 15.6 Å². The van der Waals surface area contributed by atoms with Gasteiger partial charge >= 0.3 is 6.03 Å². The van der Waals surface area contributed by atoms with Crippen LogP contribution in [0.3, 0.4) is 0 Å². The van der Waals surface area contributed by atoms with E-state index in [1.165, 1.54) is 11.3 Å². The van der Waals surface area contributed by atoms with Gasteiger partial charge in [-0.15, -0.1) is 11.3 Å². The summed E-state index contributed by atoms with van der Waals surface area (Å²) in [7, 11) is 0. The molecule has 98 valence electrons. The first-order valence-corrected chi connectivity index (χ1v) is 6.43. The zero-order chi connectivity index (χ0) is 12.8. The Kier molecular flexibility index (Phi) is 4.48. The molecule has 3 amide bonds. The number of nitrogens with zero attached hydrogens (tertiary/aromatic N) is 2. The van der Waals surface area contributed by atoms with Gasteiger partial charge in [-0.1, -0.05) is 0 Å². The normalized spacial score (nSPS) is 15.2. The lowest BCUT2D eigenvalue weighted by Crippen LogP contribution is -2.46. The molecule has 0 saturated carbocycles. The van der Waals surface area contributed by atoms with Crippen molar-refractivity contribution in [1.82, 2.24) is 15.2 Å². The summed E-state index contributed by atoms with van der Waals surface area (Å²) in [5.41, 5.74) is 0. The molecule has 0 radical (unpaired) electrons. The molecule has 0 aromatic carbocycles. The number of amides is 3. The van der Waals surface area contributed by atoms with Crippen molar-refractivity contribution in [3.63, 3.8) is 0 Å². The highest BCUT2D eigenvalue weighted by Gasteiger charge is 2.17. The minimum atomic E-state index is -0.424. The van der Waals surface area contributed by atoms with Crippen LogP contribution in [-0.4, -0.2) is 54.7 Å². The number of rotatable bonds is 3. The molecule has 1 aromatic heterocycles. The van der Waals surface area contributed by atoms with Crippen LogP contribution in [0.15, 0.2) is 11.6 Å². The highest BCUT2D eigenvalue weighted by Crippen LogP contribution is 2.09. The van der Waals surface area contributed by atoms with Crippen LogP contribution in [0.5, 0.6) is 0 Å². The highest BCUT2D eigenvalue weighted by atomic mass is 32.1. The van der Waals surface area contributed by atoms with Crippen molar-refractivity contribution < 1.29 is 14.3 Å². The Morgan fingerprint density at radius 3 is 2.89 bits per heavy atom. The number of nitrogens with one attached hydrogen (secondary N) is 2. The third-order valence-electron chi connectivity index (χ3n) is 2.42. The van der Waals surface area contributed by atoms with Crippen molar-refractivity contribution in [2.75, 3.05) is 38.2 Å². The van der Waals surface area contributed by atoms with Crippen molar-refractivity contribution in [3.8, 4) is 0 Å². The van der Waals surface area contributed by atoms with E-state index in [0.717, 1.165) is 0 Å². The summed E-state index contributed by atoms with van der Waals surface area (Å²) in [4.78, 5) is 28.7. The summed E-state index contributed by atoms with van der Waals surface area (Å²) in [6.45, 7) is 2.24. The van der Waals surface area contributed by atoms with E-state index in [1.54, 1.807) is 16.5 Å². The molecular formula is C10H14N4O3S. The predicted octanol–water partition coefficient (Wildman–Crippen LogP) is 0.123. The third kappa shape index (κ3) is 3.67. The maximum Gasteiger partial charge on any atom is 0.321 e. The number of carbonyl (C=O) groups excluding carboxylic acids is 2. The van der Waals surface area contributed by atoms with Gasteiger partial charge in [0.2, 0.25) is 5.91 Å². The highest BCUT2D eigenvalue weighted by molar-refractivity contribution is 7.13. The largest absolute Gasteiger partial charge is 0.378 e. The minimum Gasteiger partial charge on any atom is -0.378 e. The second-order valence-corrected chi connectivity index (χ2v) is 4.53. The van der Waals surface area contributed by atoms with Crippen LogP contribution in [0.1, 0.15) is 0 Å². The van der Waals surface area contributed by atoms with Gasteiger partial charge in [0, 0.05) is 24.7 Å². The molecule has 1 aliphatic heterocycles. The zero-order valence-electron chi connectivity index (χ0n) is 9.72. The van der Waals surface area contributed by atoms with Crippen molar-refractivity contribution in [2.45, 2.75) is 0 Å². The second kappa shape index (κ2) is 6.31. The molecule has 0 spiro atoms. The van der Waals surface area contributed by atoms with E-state index in [0.29, 0.717) is 31.4 Å². The standard InChI is InChI=1S/C10H14N4O3S/c15-8(14-2-4-17-5-3-14)7-12-9(16)13-10-11-1-6-18-10/h1,6H,2-5,7H2,(H2,11,12,13,16). The number of thiazole rings is 1. The molecule has 0 unspecified atom stereocenters. The van der Waals surface area contributed by atoms with E-state index >= 15 is 0 Å². The summed E-state index contributed by atoms with van der Waals surface area (Å²) < 4.78 is 5.15. The molecule has 1 fully saturated rings. The lowest BCUT2D eigenvalue weighted by atomic mass is 10.4. The van der Waals surface area contributed by atoms with Crippen LogP contribution in [0.25, 0.3) is 0 Å². The number of ether oxygens (including phenoxy) is 1. The molecule has 0 atom stereocenters. The summed E-state index contributed by atoms with van der Waals surface area (Å²) >= 11 is 1.32. The summed E-state index contributed by atoms with van der Waals surface area (Å²) in [5, 5.41) is 7.31. The maximum absolute atomic E-state index is 11.7. The number of hydrogen-bond acceptors (Lipinski definition) is 5. The number of carbonyl (C=O) groups is 2. The quantitative estimate of drug-likeness (QED) is 0.817. The van der Waals surface area contributed by atoms with E-state index in [9.17, 15) is 9.59 Å². The number of morpholine rings is 1. The third-order valence-corrected chi connectivity index (χ3v) is 3.11. The summed E-state index contributed by atoms with van der Waals surface area (Å²) in [6, 6.07) is -0.424. The van der Waals surface area contributed by atoms with E-state index < -0.39 is 6.03 Å². The SMILES string of the molecule is O=C(NCC(=O)N1CCOCC1)Nc1nccs1. The van der Waals surface area contributed by atoms with Crippen LogP contribution < -0.4 is 10.6 Å². The molecule has 7 nitrogen and oxygen atoms in total. The van der Waals surface area contributed by atoms with Crippen molar-refractivity contribution >= 4 is 28.4 Å². The fourth-order valence-corrected chi connectivity index (χ4v) is 2.03. The summed E-state index contributed by atoms with van der Waals surface area (Å²) in [5.74, 6) is -0.104. The minimum absolute atomic E-state index is 0.0167. The first-order valence-electron chi connectivity index (χ1n) is 5.55. The van der Waals surface area contributed by atoms with E-state index in [4.69, 9.17) is 4.74 Å². The van der Waals surface area contributed by atoms with Crippen molar-refractivity contribution in [1.29, 1.82) is 0 Å². The maximum atomic E-state index is 11.7.